The van der Waals surface area contributed by atoms with Gasteiger partial charge in [0.1, 0.15) is 5.75 Å². The van der Waals surface area contributed by atoms with E-state index in [9.17, 15) is 4.79 Å². The van der Waals surface area contributed by atoms with E-state index in [0.29, 0.717) is 23.9 Å². The third-order valence-corrected chi connectivity index (χ3v) is 6.49. The summed E-state index contributed by atoms with van der Waals surface area (Å²) in [4.78, 5) is 18.0. The van der Waals surface area contributed by atoms with Crippen LogP contribution in [-0.4, -0.2) is 54.5 Å². The smallest absolute Gasteiger partial charge is 0.226 e. The van der Waals surface area contributed by atoms with Crippen molar-refractivity contribution in [1.82, 2.24) is 9.80 Å². The Morgan fingerprint density at radius 2 is 1.92 bits per heavy atom. The zero-order valence-corrected chi connectivity index (χ0v) is 15.5. The molecule has 4 atom stereocenters. The molecule has 25 heavy (non-hydrogen) atoms. The third-order valence-electron chi connectivity index (χ3n) is 6.49. The van der Waals surface area contributed by atoms with E-state index in [1.807, 2.05) is 18.2 Å². The molecule has 0 unspecified atom stereocenters. The van der Waals surface area contributed by atoms with E-state index in [1.165, 1.54) is 31.4 Å². The monoisotopic (exact) mass is 342 g/mol. The minimum atomic E-state index is 0.161. The molecular formula is C21H30N2O2. The van der Waals surface area contributed by atoms with Gasteiger partial charge in [-0.1, -0.05) is 25.1 Å². The molecule has 4 heteroatoms. The first kappa shape index (κ1) is 16.9. The van der Waals surface area contributed by atoms with Gasteiger partial charge in [0, 0.05) is 24.5 Å². The van der Waals surface area contributed by atoms with Crippen LogP contribution in [0.1, 0.15) is 50.5 Å². The predicted molar refractivity (Wildman–Crippen MR) is 98.8 cm³/mol. The van der Waals surface area contributed by atoms with Crippen molar-refractivity contribution in [3.8, 4) is 5.75 Å². The lowest BCUT2D eigenvalue weighted by atomic mass is 10.0. The molecule has 3 aliphatic rings. The highest BCUT2D eigenvalue weighted by Crippen LogP contribution is 2.52. The normalized spacial score (nSPS) is 32.2. The number of ether oxygens (including phenoxy) is 1. The summed E-state index contributed by atoms with van der Waals surface area (Å²) >= 11 is 0. The fourth-order valence-electron chi connectivity index (χ4n) is 5.14. The number of para-hydroxylation sites is 1. The number of hydrogen-bond donors (Lipinski definition) is 0. The molecule has 0 aromatic heterocycles. The fraction of sp³-hybridized carbons (Fsp3) is 0.667. The summed E-state index contributed by atoms with van der Waals surface area (Å²) in [5, 5.41) is 0. The average Bonchev–Trinajstić information content (AvgIpc) is 3.06. The Labute approximate surface area is 151 Å². The van der Waals surface area contributed by atoms with Gasteiger partial charge >= 0.3 is 0 Å². The largest absolute Gasteiger partial charge is 0.496 e. The number of methoxy groups -OCH3 is 1. The van der Waals surface area contributed by atoms with Crippen molar-refractivity contribution in [2.75, 3.05) is 26.7 Å². The van der Waals surface area contributed by atoms with Crippen molar-refractivity contribution in [2.45, 2.75) is 57.0 Å². The second-order valence-electron chi connectivity index (χ2n) is 7.77. The van der Waals surface area contributed by atoms with Gasteiger partial charge in [-0.05, 0) is 62.7 Å². The average molecular weight is 342 g/mol. The van der Waals surface area contributed by atoms with E-state index < -0.39 is 0 Å². The molecule has 4 rings (SSSR count). The van der Waals surface area contributed by atoms with Gasteiger partial charge in [-0.25, -0.2) is 0 Å². The minimum absolute atomic E-state index is 0.161. The number of carbonyl (C=O) groups is 1. The Morgan fingerprint density at radius 3 is 2.72 bits per heavy atom. The van der Waals surface area contributed by atoms with E-state index in [1.54, 1.807) is 7.11 Å². The van der Waals surface area contributed by atoms with Gasteiger partial charge in [-0.3, -0.25) is 9.69 Å². The van der Waals surface area contributed by atoms with Crippen molar-refractivity contribution < 1.29 is 9.53 Å². The molecule has 1 aliphatic carbocycles. The topological polar surface area (TPSA) is 32.8 Å². The van der Waals surface area contributed by atoms with Crippen LogP contribution in [0.3, 0.4) is 0 Å². The van der Waals surface area contributed by atoms with Crippen LogP contribution in [0.5, 0.6) is 5.75 Å². The van der Waals surface area contributed by atoms with E-state index >= 15 is 0 Å². The summed E-state index contributed by atoms with van der Waals surface area (Å²) in [5.74, 6) is 1.82. The van der Waals surface area contributed by atoms with Crippen molar-refractivity contribution in [1.29, 1.82) is 0 Å². The first-order valence-electron chi connectivity index (χ1n) is 9.92. The summed E-state index contributed by atoms with van der Waals surface area (Å²) < 4.78 is 5.50. The first-order chi connectivity index (χ1) is 12.2. The molecule has 136 valence electrons. The molecule has 0 bridgehead atoms. The Kier molecular flexibility index (Phi) is 4.72. The molecule has 4 nitrogen and oxygen atoms in total. The Balaban J connectivity index is 1.46. The van der Waals surface area contributed by atoms with Gasteiger partial charge in [0.2, 0.25) is 5.91 Å². The molecule has 0 radical (unpaired) electrons. The second-order valence-corrected chi connectivity index (χ2v) is 7.77. The van der Waals surface area contributed by atoms with Crippen molar-refractivity contribution in [3.63, 3.8) is 0 Å². The second kappa shape index (κ2) is 6.99. The fourth-order valence-corrected chi connectivity index (χ4v) is 5.14. The summed E-state index contributed by atoms with van der Waals surface area (Å²) in [7, 11) is 1.72. The molecular weight excluding hydrogens is 312 g/mol. The van der Waals surface area contributed by atoms with Crippen molar-refractivity contribution in [2.24, 2.45) is 5.92 Å². The van der Waals surface area contributed by atoms with Crippen LogP contribution in [0.2, 0.25) is 0 Å². The van der Waals surface area contributed by atoms with Gasteiger partial charge in [0.15, 0.2) is 0 Å². The summed E-state index contributed by atoms with van der Waals surface area (Å²) in [6.45, 7) is 5.51. The van der Waals surface area contributed by atoms with E-state index in [2.05, 4.69) is 22.8 Å². The van der Waals surface area contributed by atoms with Gasteiger partial charge in [-0.2, -0.15) is 0 Å². The Hall–Kier alpha value is -1.55. The number of rotatable bonds is 5. The van der Waals surface area contributed by atoms with Crippen LogP contribution in [0.4, 0.5) is 0 Å². The van der Waals surface area contributed by atoms with Crippen molar-refractivity contribution in [3.05, 3.63) is 29.8 Å². The SMILES string of the molecule is CCN1CCC[C@@H]1[C@@H]1CCCN1C(=O)[C@H]1C[C@H]1c1ccccc1OC. The number of nitrogens with zero attached hydrogens (tertiary/aromatic N) is 2. The van der Waals surface area contributed by atoms with Crippen LogP contribution >= 0.6 is 0 Å². The maximum Gasteiger partial charge on any atom is 0.226 e. The summed E-state index contributed by atoms with van der Waals surface area (Å²) in [5.41, 5.74) is 1.20. The van der Waals surface area contributed by atoms with Crippen LogP contribution in [0.25, 0.3) is 0 Å². The zero-order valence-electron chi connectivity index (χ0n) is 15.5. The summed E-state index contributed by atoms with van der Waals surface area (Å²) in [6.07, 6.45) is 5.85. The highest BCUT2D eigenvalue weighted by molar-refractivity contribution is 5.84. The summed E-state index contributed by atoms with van der Waals surface area (Å²) in [6, 6.07) is 9.19. The quantitative estimate of drug-likeness (QED) is 0.823. The molecule has 1 aromatic rings. The number of likely N-dealkylation sites (N-methyl/N-ethyl adjacent to an activating group) is 1. The maximum absolute atomic E-state index is 13.2. The predicted octanol–water partition coefficient (Wildman–Crippen LogP) is 3.27. The van der Waals surface area contributed by atoms with Gasteiger partial charge in [0.05, 0.1) is 7.11 Å². The molecule has 2 aliphatic heterocycles. The van der Waals surface area contributed by atoms with Gasteiger partial charge in [0.25, 0.3) is 0 Å². The number of amides is 1. The Bertz CT molecular complexity index is 632. The van der Waals surface area contributed by atoms with E-state index in [-0.39, 0.29) is 5.92 Å². The lowest BCUT2D eigenvalue weighted by Crippen LogP contribution is -2.48. The molecule has 3 fully saturated rings. The van der Waals surface area contributed by atoms with E-state index in [4.69, 9.17) is 4.74 Å². The first-order valence-corrected chi connectivity index (χ1v) is 9.92. The number of hydrogen-bond acceptors (Lipinski definition) is 3. The molecule has 2 heterocycles. The highest BCUT2D eigenvalue weighted by Gasteiger charge is 2.50. The van der Waals surface area contributed by atoms with Gasteiger partial charge in [-0.15, -0.1) is 0 Å². The van der Waals surface area contributed by atoms with Crippen LogP contribution in [0.15, 0.2) is 24.3 Å². The molecule has 0 spiro atoms. The number of likely N-dealkylation sites (tertiary alicyclic amines) is 2. The lowest BCUT2D eigenvalue weighted by Gasteiger charge is -2.34. The van der Waals surface area contributed by atoms with Crippen LogP contribution in [0, 0.1) is 5.92 Å². The van der Waals surface area contributed by atoms with E-state index in [0.717, 1.165) is 31.7 Å². The molecule has 1 saturated carbocycles. The van der Waals surface area contributed by atoms with Gasteiger partial charge < -0.3 is 9.64 Å². The minimum Gasteiger partial charge on any atom is -0.496 e. The molecule has 0 N–H and O–H groups in total. The number of benzene rings is 1. The van der Waals surface area contributed by atoms with Crippen LogP contribution in [-0.2, 0) is 4.79 Å². The lowest BCUT2D eigenvalue weighted by molar-refractivity contribution is -0.134. The standard InChI is InChI=1S/C21H30N2O2/c1-3-22-12-6-9-18(22)19-10-7-13-23(19)21(24)17-14-16(17)15-8-4-5-11-20(15)25-2/h4-5,8,11,16-19H,3,6-7,9-10,12-14H2,1-2H3/t16-,17-,18+,19-/m0/s1. The zero-order chi connectivity index (χ0) is 17.4. The van der Waals surface area contributed by atoms with Crippen LogP contribution < -0.4 is 4.74 Å². The maximum atomic E-state index is 13.2. The highest BCUT2D eigenvalue weighted by atomic mass is 16.5. The Morgan fingerprint density at radius 1 is 1.16 bits per heavy atom. The molecule has 2 saturated heterocycles. The third kappa shape index (κ3) is 3.05. The number of carbonyl (C=O) groups excluding carboxylic acids is 1. The molecule has 1 aromatic carbocycles. The van der Waals surface area contributed by atoms with Crippen molar-refractivity contribution >= 4 is 5.91 Å². The molecule has 1 amide bonds.